The Balaban J connectivity index is 1.90. The van der Waals surface area contributed by atoms with Crippen molar-refractivity contribution in [3.63, 3.8) is 0 Å². The summed E-state index contributed by atoms with van der Waals surface area (Å²) in [5.41, 5.74) is 1.92. The Hall–Kier alpha value is -0.950. The molecular weight excluding hydrogens is 288 g/mol. The van der Waals surface area contributed by atoms with Crippen LogP contribution in [0.15, 0.2) is 24.3 Å². The third kappa shape index (κ3) is 5.07. The van der Waals surface area contributed by atoms with E-state index in [1.165, 1.54) is 0 Å². The maximum absolute atomic E-state index is 12.2. The van der Waals surface area contributed by atoms with E-state index in [1.54, 1.807) is 7.11 Å². The summed E-state index contributed by atoms with van der Waals surface area (Å²) in [6.45, 7) is 3.70. The summed E-state index contributed by atoms with van der Waals surface area (Å²) < 4.78 is 32.2. The van der Waals surface area contributed by atoms with Crippen LogP contribution in [0.25, 0.3) is 0 Å². The zero-order valence-corrected chi connectivity index (χ0v) is 13.4. The van der Waals surface area contributed by atoms with Gasteiger partial charge in [-0.1, -0.05) is 31.2 Å². The standard InChI is InChI=1S/C15H24N2O3S/c1-3-16-10-12-5-4-6-13(7-12)11-21(18,19)17-14-8-15(9-14)20-2/h4-7,14-17H,3,8-11H2,1-2H3. The van der Waals surface area contributed by atoms with Crippen molar-refractivity contribution in [2.24, 2.45) is 0 Å². The third-order valence-corrected chi connectivity index (χ3v) is 5.11. The molecule has 0 aliphatic heterocycles. The molecule has 0 aromatic heterocycles. The lowest BCUT2D eigenvalue weighted by Crippen LogP contribution is -2.47. The minimum Gasteiger partial charge on any atom is -0.381 e. The lowest BCUT2D eigenvalue weighted by molar-refractivity contribution is 0.0236. The number of hydrogen-bond donors (Lipinski definition) is 2. The highest BCUT2D eigenvalue weighted by atomic mass is 32.2. The number of ether oxygens (including phenoxy) is 1. The number of sulfonamides is 1. The Labute approximate surface area is 127 Å². The van der Waals surface area contributed by atoms with Gasteiger partial charge in [-0.15, -0.1) is 0 Å². The van der Waals surface area contributed by atoms with Crippen LogP contribution in [0, 0.1) is 0 Å². The van der Waals surface area contributed by atoms with Crippen LogP contribution < -0.4 is 10.0 Å². The van der Waals surface area contributed by atoms with E-state index in [1.807, 2.05) is 31.2 Å². The van der Waals surface area contributed by atoms with Gasteiger partial charge in [-0.3, -0.25) is 0 Å². The molecule has 1 aromatic carbocycles. The molecule has 118 valence electrons. The van der Waals surface area contributed by atoms with Gasteiger partial charge in [0.05, 0.1) is 11.9 Å². The summed E-state index contributed by atoms with van der Waals surface area (Å²) in [5, 5.41) is 3.24. The first-order valence-electron chi connectivity index (χ1n) is 7.33. The molecule has 1 aromatic rings. The first kappa shape index (κ1) is 16.4. The SMILES string of the molecule is CCNCc1cccc(CS(=O)(=O)NC2CC(OC)C2)c1. The summed E-state index contributed by atoms with van der Waals surface area (Å²) in [4.78, 5) is 0. The first-order valence-corrected chi connectivity index (χ1v) is 8.99. The van der Waals surface area contributed by atoms with Crippen molar-refractivity contribution in [2.45, 2.75) is 44.2 Å². The lowest BCUT2D eigenvalue weighted by atomic mass is 9.90. The van der Waals surface area contributed by atoms with Crippen molar-refractivity contribution in [3.8, 4) is 0 Å². The van der Waals surface area contributed by atoms with E-state index in [0.717, 1.165) is 37.1 Å². The molecule has 0 unspecified atom stereocenters. The maximum atomic E-state index is 12.2. The fourth-order valence-corrected chi connectivity index (χ4v) is 3.87. The van der Waals surface area contributed by atoms with Crippen LogP contribution in [0.2, 0.25) is 0 Å². The Morgan fingerprint density at radius 1 is 1.29 bits per heavy atom. The normalized spacial score (nSPS) is 22.0. The Morgan fingerprint density at radius 2 is 2.00 bits per heavy atom. The highest BCUT2D eigenvalue weighted by Gasteiger charge is 2.32. The fourth-order valence-electron chi connectivity index (χ4n) is 2.47. The molecule has 21 heavy (non-hydrogen) atoms. The minimum absolute atomic E-state index is 0.0184. The van der Waals surface area contributed by atoms with Gasteiger partial charge in [0.1, 0.15) is 0 Å². The first-order chi connectivity index (χ1) is 10.0. The zero-order chi connectivity index (χ0) is 15.3. The van der Waals surface area contributed by atoms with Crippen LogP contribution in [0.5, 0.6) is 0 Å². The number of methoxy groups -OCH3 is 1. The second-order valence-electron chi connectivity index (χ2n) is 5.50. The number of rotatable bonds is 8. The third-order valence-electron chi connectivity index (χ3n) is 3.70. The van der Waals surface area contributed by atoms with Gasteiger partial charge in [-0.05, 0) is 30.5 Å². The molecule has 0 saturated heterocycles. The average Bonchev–Trinajstić information content (AvgIpc) is 2.40. The molecule has 1 fully saturated rings. The van der Waals surface area contributed by atoms with Crippen molar-refractivity contribution in [3.05, 3.63) is 35.4 Å². The Kier molecular flexibility index (Phi) is 5.75. The van der Waals surface area contributed by atoms with Crippen molar-refractivity contribution >= 4 is 10.0 Å². The van der Waals surface area contributed by atoms with Gasteiger partial charge in [0.15, 0.2) is 0 Å². The van der Waals surface area contributed by atoms with Gasteiger partial charge >= 0.3 is 0 Å². The molecule has 0 spiro atoms. The molecule has 0 amide bonds. The second kappa shape index (κ2) is 7.35. The van der Waals surface area contributed by atoms with Gasteiger partial charge in [0.2, 0.25) is 10.0 Å². The van der Waals surface area contributed by atoms with E-state index < -0.39 is 10.0 Å². The maximum Gasteiger partial charge on any atom is 0.216 e. The monoisotopic (exact) mass is 312 g/mol. The molecule has 2 rings (SSSR count). The van der Waals surface area contributed by atoms with E-state index in [4.69, 9.17) is 4.74 Å². The summed E-state index contributed by atoms with van der Waals surface area (Å²) in [5.74, 6) is 0.0289. The van der Waals surface area contributed by atoms with Gasteiger partial charge in [0, 0.05) is 19.7 Å². The van der Waals surface area contributed by atoms with Crippen LogP contribution in [0.1, 0.15) is 30.9 Å². The van der Waals surface area contributed by atoms with Crippen molar-refractivity contribution in [2.75, 3.05) is 13.7 Å². The molecule has 0 radical (unpaired) electrons. The van der Waals surface area contributed by atoms with Crippen LogP contribution in [-0.4, -0.2) is 34.2 Å². The lowest BCUT2D eigenvalue weighted by Gasteiger charge is -2.34. The topological polar surface area (TPSA) is 67.4 Å². The summed E-state index contributed by atoms with van der Waals surface area (Å²) in [6.07, 6.45) is 1.72. The summed E-state index contributed by atoms with van der Waals surface area (Å²) in [7, 11) is -1.63. The number of hydrogen-bond acceptors (Lipinski definition) is 4. The molecule has 5 nitrogen and oxygen atoms in total. The molecule has 0 heterocycles. The molecule has 1 saturated carbocycles. The smallest absolute Gasteiger partial charge is 0.216 e. The van der Waals surface area contributed by atoms with E-state index >= 15 is 0 Å². The number of benzene rings is 1. The largest absolute Gasteiger partial charge is 0.381 e. The average molecular weight is 312 g/mol. The van der Waals surface area contributed by atoms with E-state index in [9.17, 15) is 8.42 Å². The Bertz CT molecular complexity index is 554. The zero-order valence-electron chi connectivity index (χ0n) is 12.6. The van der Waals surface area contributed by atoms with Crippen LogP contribution >= 0.6 is 0 Å². The Morgan fingerprint density at radius 3 is 2.67 bits per heavy atom. The van der Waals surface area contributed by atoms with Crippen molar-refractivity contribution < 1.29 is 13.2 Å². The molecule has 1 aliphatic carbocycles. The second-order valence-corrected chi connectivity index (χ2v) is 7.26. The van der Waals surface area contributed by atoms with Crippen LogP contribution in [0.4, 0.5) is 0 Å². The van der Waals surface area contributed by atoms with Gasteiger partial charge in [-0.2, -0.15) is 0 Å². The summed E-state index contributed by atoms with van der Waals surface area (Å²) >= 11 is 0. The van der Waals surface area contributed by atoms with Crippen molar-refractivity contribution in [1.82, 2.24) is 10.0 Å². The van der Waals surface area contributed by atoms with Gasteiger partial charge in [0.25, 0.3) is 0 Å². The van der Waals surface area contributed by atoms with Gasteiger partial charge in [-0.25, -0.2) is 13.1 Å². The molecule has 1 aliphatic rings. The number of nitrogens with one attached hydrogen (secondary N) is 2. The summed E-state index contributed by atoms with van der Waals surface area (Å²) in [6, 6.07) is 7.72. The molecule has 2 N–H and O–H groups in total. The van der Waals surface area contributed by atoms with Crippen molar-refractivity contribution in [1.29, 1.82) is 0 Å². The fraction of sp³-hybridized carbons (Fsp3) is 0.600. The molecule has 0 bridgehead atoms. The highest BCUT2D eigenvalue weighted by molar-refractivity contribution is 7.88. The van der Waals surface area contributed by atoms with Crippen LogP contribution in [-0.2, 0) is 27.1 Å². The predicted molar refractivity (Wildman–Crippen MR) is 83.4 cm³/mol. The van der Waals surface area contributed by atoms with Gasteiger partial charge < -0.3 is 10.1 Å². The molecule has 0 atom stereocenters. The quantitative estimate of drug-likeness (QED) is 0.761. The highest BCUT2D eigenvalue weighted by Crippen LogP contribution is 2.23. The van der Waals surface area contributed by atoms with Crippen LogP contribution in [0.3, 0.4) is 0 Å². The minimum atomic E-state index is -3.29. The van der Waals surface area contributed by atoms with E-state index in [-0.39, 0.29) is 17.9 Å². The molecule has 6 heteroatoms. The van der Waals surface area contributed by atoms with E-state index in [0.29, 0.717) is 0 Å². The molecular formula is C15H24N2O3S. The predicted octanol–water partition coefficient (Wildman–Crippen LogP) is 1.39. The van der Waals surface area contributed by atoms with E-state index in [2.05, 4.69) is 10.0 Å².